The number of amides is 2. The predicted octanol–water partition coefficient (Wildman–Crippen LogP) is 3.53. The zero-order chi connectivity index (χ0) is 19.4. The zero-order valence-electron chi connectivity index (χ0n) is 17.0. The number of piperidine rings is 1. The minimum atomic E-state index is -0.220. The highest BCUT2D eigenvalue weighted by Gasteiger charge is 2.36. The second-order valence-corrected chi connectivity index (χ2v) is 8.20. The van der Waals surface area contributed by atoms with Crippen LogP contribution in [0.3, 0.4) is 0 Å². The Morgan fingerprint density at radius 3 is 2.41 bits per heavy atom. The molecule has 0 N–H and O–H groups in total. The van der Waals surface area contributed by atoms with Gasteiger partial charge in [0.25, 0.3) is 0 Å². The van der Waals surface area contributed by atoms with Crippen molar-refractivity contribution in [1.82, 2.24) is 4.90 Å². The smallest absolute Gasteiger partial charge is 0.227 e. The molecule has 0 aliphatic carbocycles. The molecule has 3 rings (SSSR count). The molecule has 2 fully saturated rings. The van der Waals surface area contributed by atoms with Crippen LogP contribution in [0.5, 0.6) is 0 Å². The Balaban J connectivity index is 1.61. The molecule has 2 heterocycles. The van der Waals surface area contributed by atoms with E-state index in [1.54, 1.807) is 9.80 Å². The summed E-state index contributed by atoms with van der Waals surface area (Å²) < 4.78 is 0. The SMILES string of the molecule is CCCCN(C)C(=O)C1CC(=O)N(c2ccc(N3CCC(C)CC3)cc2)C1. The van der Waals surface area contributed by atoms with Gasteiger partial charge in [-0.15, -0.1) is 0 Å². The Kier molecular flexibility index (Phi) is 6.40. The van der Waals surface area contributed by atoms with Gasteiger partial charge in [0.2, 0.25) is 11.8 Å². The summed E-state index contributed by atoms with van der Waals surface area (Å²) in [6, 6.07) is 8.28. The van der Waals surface area contributed by atoms with Gasteiger partial charge in [0.15, 0.2) is 0 Å². The van der Waals surface area contributed by atoms with Crippen LogP contribution in [0.2, 0.25) is 0 Å². The Bertz CT molecular complexity index is 650. The van der Waals surface area contributed by atoms with Gasteiger partial charge in [0.1, 0.15) is 0 Å². The summed E-state index contributed by atoms with van der Waals surface area (Å²) in [6.07, 6.45) is 4.86. The maximum absolute atomic E-state index is 12.6. The van der Waals surface area contributed by atoms with E-state index in [0.717, 1.165) is 44.1 Å². The van der Waals surface area contributed by atoms with Crippen LogP contribution in [-0.2, 0) is 9.59 Å². The first-order valence-corrected chi connectivity index (χ1v) is 10.4. The van der Waals surface area contributed by atoms with E-state index in [1.165, 1.54) is 18.5 Å². The molecule has 2 saturated heterocycles. The van der Waals surface area contributed by atoms with Crippen LogP contribution in [0.1, 0.15) is 46.0 Å². The summed E-state index contributed by atoms with van der Waals surface area (Å²) in [6.45, 7) is 7.90. The molecule has 1 unspecified atom stereocenters. The van der Waals surface area contributed by atoms with E-state index in [4.69, 9.17) is 0 Å². The van der Waals surface area contributed by atoms with E-state index in [2.05, 4.69) is 30.9 Å². The first-order valence-electron chi connectivity index (χ1n) is 10.4. The molecule has 1 aromatic rings. The van der Waals surface area contributed by atoms with E-state index < -0.39 is 0 Å². The van der Waals surface area contributed by atoms with Gasteiger partial charge >= 0.3 is 0 Å². The Morgan fingerprint density at radius 1 is 1.15 bits per heavy atom. The maximum Gasteiger partial charge on any atom is 0.227 e. The fourth-order valence-electron chi connectivity index (χ4n) is 4.05. The van der Waals surface area contributed by atoms with Crippen LogP contribution >= 0.6 is 0 Å². The monoisotopic (exact) mass is 371 g/mol. The van der Waals surface area contributed by atoms with Crippen molar-refractivity contribution in [3.05, 3.63) is 24.3 Å². The Hall–Kier alpha value is -2.04. The van der Waals surface area contributed by atoms with Crippen molar-refractivity contribution < 1.29 is 9.59 Å². The number of nitrogens with zero attached hydrogens (tertiary/aromatic N) is 3. The molecule has 1 atom stereocenters. The largest absolute Gasteiger partial charge is 0.372 e. The molecule has 2 amide bonds. The molecule has 2 aliphatic rings. The van der Waals surface area contributed by atoms with E-state index in [9.17, 15) is 9.59 Å². The second kappa shape index (κ2) is 8.77. The van der Waals surface area contributed by atoms with Gasteiger partial charge in [0, 0.05) is 51.0 Å². The molecule has 27 heavy (non-hydrogen) atoms. The molecular weight excluding hydrogens is 338 g/mol. The van der Waals surface area contributed by atoms with E-state index in [-0.39, 0.29) is 17.7 Å². The molecule has 5 nitrogen and oxygen atoms in total. The lowest BCUT2D eigenvalue weighted by Crippen LogP contribution is -2.35. The molecule has 0 aromatic heterocycles. The maximum atomic E-state index is 12.6. The van der Waals surface area contributed by atoms with Gasteiger partial charge in [-0.3, -0.25) is 9.59 Å². The van der Waals surface area contributed by atoms with Crippen LogP contribution in [0.25, 0.3) is 0 Å². The molecule has 0 saturated carbocycles. The van der Waals surface area contributed by atoms with Crippen molar-refractivity contribution in [2.24, 2.45) is 11.8 Å². The summed E-state index contributed by atoms with van der Waals surface area (Å²) in [5, 5.41) is 0. The number of anilines is 2. The predicted molar refractivity (Wildman–Crippen MR) is 110 cm³/mol. The van der Waals surface area contributed by atoms with Crippen LogP contribution in [0, 0.1) is 11.8 Å². The summed E-state index contributed by atoms with van der Waals surface area (Å²) >= 11 is 0. The van der Waals surface area contributed by atoms with Crippen molar-refractivity contribution in [3.8, 4) is 0 Å². The molecule has 2 aliphatic heterocycles. The van der Waals surface area contributed by atoms with Crippen molar-refractivity contribution in [1.29, 1.82) is 0 Å². The van der Waals surface area contributed by atoms with Crippen LogP contribution in [0.4, 0.5) is 11.4 Å². The third kappa shape index (κ3) is 4.63. The van der Waals surface area contributed by atoms with Gasteiger partial charge in [-0.1, -0.05) is 20.3 Å². The second-order valence-electron chi connectivity index (χ2n) is 8.20. The third-order valence-electron chi connectivity index (χ3n) is 6.01. The van der Waals surface area contributed by atoms with Crippen LogP contribution < -0.4 is 9.80 Å². The van der Waals surface area contributed by atoms with Gasteiger partial charge in [-0.2, -0.15) is 0 Å². The van der Waals surface area contributed by atoms with Gasteiger partial charge in [-0.25, -0.2) is 0 Å². The molecule has 0 spiro atoms. The highest BCUT2D eigenvalue weighted by atomic mass is 16.2. The first-order chi connectivity index (χ1) is 13.0. The average Bonchev–Trinajstić information content (AvgIpc) is 3.08. The Morgan fingerprint density at radius 2 is 1.78 bits per heavy atom. The fourth-order valence-corrected chi connectivity index (χ4v) is 4.05. The van der Waals surface area contributed by atoms with Gasteiger partial charge in [-0.05, 0) is 49.4 Å². The van der Waals surface area contributed by atoms with Crippen molar-refractivity contribution in [3.63, 3.8) is 0 Å². The summed E-state index contributed by atoms with van der Waals surface area (Å²) in [4.78, 5) is 31.1. The number of benzene rings is 1. The summed E-state index contributed by atoms with van der Waals surface area (Å²) in [5.74, 6) is 0.741. The lowest BCUT2D eigenvalue weighted by molar-refractivity contribution is -0.134. The molecule has 0 radical (unpaired) electrons. The number of hydrogen-bond acceptors (Lipinski definition) is 3. The Labute approximate surface area is 163 Å². The quantitative estimate of drug-likeness (QED) is 0.768. The van der Waals surface area contributed by atoms with Crippen LogP contribution in [-0.4, -0.2) is 49.9 Å². The lowest BCUT2D eigenvalue weighted by atomic mass is 9.99. The molecule has 148 valence electrons. The number of unbranched alkanes of at least 4 members (excludes halogenated alkanes) is 1. The first kappa shape index (κ1) is 19.7. The van der Waals surface area contributed by atoms with Crippen LogP contribution in [0.15, 0.2) is 24.3 Å². The third-order valence-corrected chi connectivity index (χ3v) is 6.01. The molecular formula is C22H33N3O2. The molecule has 1 aromatic carbocycles. The van der Waals surface area contributed by atoms with Gasteiger partial charge in [0.05, 0.1) is 5.92 Å². The van der Waals surface area contributed by atoms with Crippen molar-refractivity contribution in [2.45, 2.75) is 46.0 Å². The summed E-state index contributed by atoms with van der Waals surface area (Å²) in [5.41, 5.74) is 2.13. The van der Waals surface area contributed by atoms with Crippen molar-refractivity contribution in [2.75, 3.05) is 43.0 Å². The van der Waals surface area contributed by atoms with E-state index >= 15 is 0 Å². The van der Waals surface area contributed by atoms with Crippen molar-refractivity contribution >= 4 is 23.2 Å². The highest BCUT2D eigenvalue weighted by Crippen LogP contribution is 2.29. The zero-order valence-corrected chi connectivity index (χ0v) is 17.0. The van der Waals surface area contributed by atoms with E-state index in [0.29, 0.717) is 13.0 Å². The molecule has 0 bridgehead atoms. The number of carbonyl (C=O) groups is 2. The number of rotatable bonds is 6. The fraction of sp³-hybridized carbons (Fsp3) is 0.636. The lowest BCUT2D eigenvalue weighted by Gasteiger charge is -2.32. The minimum absolute atomic E-state index is 0.0526. The van der Waals surface area contributed by atoms with Gasteiger partial charge < -0.3 is 14.7 Å². The standard InChI is InChI=1S/C22H33N3O2/c1-4-5-12-23(3)22(27)18-15-21(26)25(16-18)20-8-6-19(7-9-20)24-13-10-17(2)11-14-24/h6-9,17-18H,4-5,10-16H2,1-3H3. The number of carbonyl (C=O) groups excluding carboxylic acids is 2. The minimum Gasteiger partial charge on any atom is -0.372 e. The normalized spacial score (nSPS) is 21.0. The number of hydrogen-bond donors (Lipinski definition) is 0. The van der Waals surface area contributed by atoms with E-state index in [1.807, 2.05) is 19.2 Å². The molecule has 5 heteroatoms. The summed E-state index contributed by atoms with van der Waals surface area (Å²) in [7, 11) is 1.85. The highest BCUT2D eigenvalue weighted by molar-refractivity contribution is 6.00. The average molecular weight is 372 g/mol. The topological polar surface area (TPSA) is 43.9 Å².